The number of halogens is 1. The van der Waals surface area contributed by atoms with E-state index in [9.17, 15) is 9.18 Å². The zero-order valence-corrected chi connectivity index (χ0v) is 26.1. The van der Waals surface area contributed by atoms with Gasteiger partial charge in [0.2, 0.25) is 5.72 Å². The Bertz CT molecular complexity index is 1180. The second-order valence-electron chi connectivity index (χ2n) is 12.4. The summed E-state index contributed by atoms with van der Waals surface area (Å²) in [6.07, 6.45) is 11.4. The lowest BCUT2D eigenvalue weighted by molar-refractivity contribution is -0.0655. The Morgan fingerprint density at radius 2 is 1.79 bits per heavy atom. The van der Waals surface area contributed by atoms with Gasteiger partial charge in [-0.15, -0.1) is 0 Å². The lowest BCUT2D eigenvalue weighted by atomic mass is 9.72. The van der Waals surface area contributed by atoms with Crippen molar-refractivity contribution in [2.75, 3.05) is 27.0 Å². The van der Waals surface area contributed by atoms with Crippen LogP contribution in [0, 0.1) is 17.7 Å². The van der Waals surface area contributed by atoms with Crippen molar-refractivity contribution in [3.63, 3.8) is 0 Å². The molecule has 8 heteroatoms. The topological polar surface area (TPSA) is 54.4 Å². The molecule has 0 spiro atoms. The quantitative estimate of drug-likeness (QED) is 0.263. The molecule has 3 atom stereocenters. The molecule has 0 radical (unpaired) electrons. The smallest absolute Gasteiger partial charge is 0.438 e. The molecule has 0 N–H and O–H groups in total. The zero-order valence-electron chi connectivity index (χ0n) is 25.3. The van der Waals surface area contributed by atoms with Gasteiger partial charge in [-0.3, -0.25) is 0 Å². The fourth-order valence-electron chi connectivity index (χ4n) is 7.63. The summed E-state index contributed by atoms with van der Waals surface area (Å²) in [4.78, 5) is 22.5. The van der Waals surface area contributed by atoms with E-state index >= 15 is 0 Å². The van der Waals surface area contributed by atoms with Gasteiger partial charge in [-0.25, -0.2) is 14.2 Å². The lowest BCUT2D eigenvalue weighted by Crippen LogP contribution is -2.57. The van der Waals surface area contributed by atoms with E-state index in [1.54, 1.807) is 17.8 Å². The van der Waals surface area contributed by atoms with E-state index in [1.165, 1.54) is 38.0 Å². The molecule has 2 aromatic rings. The number of carbonyl (C=O) groups is 1. The third-order valence-electron chi connectivity index (χ3n) is 9.49. The molecular formula is C34H46FN3O3S. The number of ether oxygens (including phenoxy) is 2. The van der Waals surface area contributed by atoms with Gasteiger partial charge in [0.15, 0.2) is 0 Å². The number of nitrogens with zero attached hydrogens (tertiary/aromatic N) is 3. The standard InChI is InChI=1S/C34H46FN3O3S/c1-37(2)31(28-13-10-14-29(35)21-28)26-17-19-27(20-18-26)32-34(41-33(39)40-3,23-42-22-25-11-6-4-7-12-25)36-24-38(32)30-15-8-5-9-16-30/h4,6-7,10-14,21,24,26-27,30-32H,5,8-9,15-20,22-23H2,1-3H3. The Morgan fingerprint density at radius 1 is 1.05 bits per heavy atom. The van der Waals surface area contributed by atoms with Crippen molar-refractivity contribution in [3.8, 4) is 0 Å². The number of methoxy groups -OCH3 is 1. The molecule has 0 saturated heterocycles. The van der Waals surface area contributed by atoms with Gasteiger partial charge in [0.1, 0.15) is 5.82 Å². The van der Waals surface area contributed by atoms with Gasteiger partial charge in [-0.1, -0.05) is 61.7 Å². The second kappa shape index (κ2) is 14.3. The minimum Gasteiger partial charge on any atom is -0.438 e. The Balaban J connectivity index is 1.38. The first-order valence-corrected chi connectivity index (χ1v) is 16.7. The second-order valence-corrected chi connectivity index (χ2v) is 13.4. The van der Waals surface area contributed by atoms with Crippen LogP contribution in [0.1, 0.15) is 75.0 Å². The minimum absolute atomic E-state index is 0.0316. The van der Waals surface area contributed by atoms with Gasteiger partial charge in [0.25, 0.3) is 0 Å². The predicted molar refractivity (Wildman–Crippen MR) is 168 cm³/mol. The van der Waals surface area contributed by atoms with Crippen molar-refractivity contribution >= 4 is 24.3 Å². The Labute approximate surface area is 255 Å². The highest BCUT2D eigenvalue weighted by molar-refractivity contribution is 7.98. The molecule has 42 heavy (non-hydrogen) atoms. The first-order valence-electron chi connectivity index (χ1n) is 15.5. The molecule has 0 amide bonds. The summed E-state index contributed by atoms with van der Waals surface area (Å²) in [5.41, 5.74) is 1.29. The molecule has 2 aromatic carbocycles. The SMILES string of the molecule is COC(=O)OC1(CSCc2ccccc2)N=CN(C2CCCCC2)C1C1CCC(C(c2cccc(F)c2)N(C)C)CC1. The van der Waals surface area contributed by atoms with Gasteiger partial charge in [0, 0.05) is 17.8 Å². The fourth-order valence-corrected chi connectivity index (χ4v) is 8.76. The maximum absolute atomic E-state index is 14.2. The molecule has 0 aromatic heterocycles. The summed E-state index contributed by atoms with van der Waals surface area (Å²) >= 11 is 1.76. The molecule has 0 bridgehead atoms. The molecule has 2 fully saturated rings. The summed E-state index contributed by atoms with van der Waals surface area (Å²) in [7, 11) is 5.56. The molecule has 6 nitrogen and oxygen atoms in total. The van der Waals surface area contributed by atoms with Crippen LogP contribution in [-0.4, -0.2) is 67.1 Å². The summed E-state index contributed by atoms with van der Waals surface area (Å²) in [5.74, 6) is 1.96. The minimum atomic E-state index is -0.995. The zero-order chi connectivity index (χ0) is 29.5. The number of carbonyl (C=O) groups excluding carboxylic acids is 1. The van der Waals surface area contributed by atoms with Crippen molar-refractivity contribution < 1.29 is 18.7 Å². The summed E-state index contributed by atoms with van der Waals surface area (Å²) in [5, 5.41) is 0. The van der Waals surface area contributed by atoms with E-state index in [4.69, 9.17) is 14.5 Å². The van der Waals surface area contributed by atoms with Crippen LogP contribution in [0.2, 0.25) is 0 Å². The van der Waals surface area contributed by atoms with Crippen LogP contribution in [0.25, 0.3) is 0 Å². The number of thioether (sulfide) groups is 1. The van der Waals surface area contributed by atoms with Crippen molar-refractivity contribution in [1.82, 2.24) is 9.80 Å². The number of hydrogen-bond donors (Lipinski definition) is 0. The Morgan fingerprint density at radius 3 is 2.45 bits per heavy atom. The highest BCUT2D eigenvalue weighted by Gasteiger charge is 2.54. The van der Waals surface area contributed by atoms with E-state index in [0.29, 0.717) is 23.6 Å². The van der Waals surface area contributed by atoms with Gasteiger partial charge < -0.3 is 19.3 Å². The summed E-state index contributed by atoms with van der Waals surface area (Å²) in [6.45, 7) is 0. The fraction of sp³-hybridized carbons (Fsp3) is 0.588. The van der Waals surface area contributed by atoms with E-state index in [1.807, 2.05) is 18.5 Å². The molecule has 2 saturated carbocycles. The van der Waals surface area contributed by atoms with Crippen molar-refractivity contribution in [3.05, 3.63) is 71.5 Å². The van der Waals surface area contributed by atoms with Crippen LogP contribution >= 0.6 is 11.8 Å². The van der Waals surface area contributed by atoms with Crippen LogP contribution in [-0.2, 0) is 15.2 Å². The van der Waals surface area contributed by atoms with Crippen LogP contribution in [0.4, 0.5) is 9.18 Å². The highest BCUT2D eigenvalue weighted by atomic mass is 32.2. The maximum atomic E-state index is 14.2. The third-order valence-corrected chi connectivity index (χ3v) is 10.6. The molecular weight excluding hydrogens is 549 g/mol. The van der Waals surface area contributed by atoms with Crippen molar-refractivity contribution in [1.29, 1.82) is 0 Å². The van der Waals surface area contributed by atoms with Gasteiger partial charge in [-0.05, 0) is 87.7 Å². The number of rotatable bonds is 10. The highest BCUT2D eigenvalue weighted by Crippen LogP contribution is 2.47. The summed E-state index contributed by atoms with van der Waals surface area (Å²) in [6, 6.07) is 18.0. The third kappa shape index (κ3) is 7.13. The predicted octanol–water partition coefficient (Wildman–Crippen LogP) is 7.69. The van der Waals surface area contributed by atoms with E-state index in [0.717, 1.165) is 49.8 Å². The molecule has 3 aliphatic rings. The lowest BCUT2D eigenvalue weighted by Gasteiger charge is -2.47. The molecule has 5 rings (SSSR count). The van der Waals surface area contributed by atoms with Gasteiger partial charge in [0.05, 0.1) is 25.2 Å². The number of aliphatic imine (C=N–C) groups is 1. The number of benzene rings is 2. The Hall–Kier alpha value is -2.58. The molecule has 228 valence electrons. The van der Waals surface area contributed by atoms with E-state index < -0.39 is 11.9 Å². The Kier molecular flexibility index (Phi) is 10.5. The maximum Gasteiger partial charge on any atom is 0.510 e. The molecule has 3 unspecified atom stereocenters. The monoisotopic (exact) mass is 595 g/mol. The largest absolute Gasteiger partial charge is 0.510 e. The molecule has 2 aliphatic carbocycles. The normalized spacial score (nSPS) is 27.3. The van der Waals surface area contributed by atoms with Crippen LogP contribution in [0.5, 0.6) is 0 Å². The van der Waals surface area contributed by atoms with Crippen molar-refractivity contribution in [2.45, 2.75) is 87.4 Å². The summed E-state index contributed by atoms with van der Waals surface area (Å²) < 4.78 is 25.4. The van der Waals surface area contributed by atoms with Crippen molar-refractivity contribution in [2.24, 2.45) is 16.8 Å². The average Bonchev–Trinajstić information content (AvgIpc) is 3.37. The van der Waals surface area contributed by atoms with Crippen LogP contribution < -0.4 is 0 Å². The molecule has 1 heterocycles. The van der Waals surface area contributed by atoms with E-state index in [2.05, 4.69) is 54.2 Å². The average molecular weight is 596 g/mol. The first kappa shape index (κ1) is 30.9. The van der Waals surface area contributed by atoms with Crippen LogP contribution in [0.15, 0.2) is 59.6 Å². The molecule has 1 aliphatic heterocycles. The first-order chi connectivity index (χ1) is 20.4. The number of hydrogen-bond acceptors (Lipinski definition) is 7. The van der Waals surface area contributed by atoms with E-state index in [-0.39, 0.29) is 17.9 Å². The van der Waals surface area contributed by atoms with Gasteiger partial charge in [-0.2, -0.15) is 11.8 Å². The van der Waals surface area contributed by atoms with Crippen LogP contribution in [0.3, 0.4) is 0 Å². The van der Waals surface area contributed by atoms with Gasteiger partial charge >= 0.3 is 6.16 Å².